The first-order chi connectivity index (χ1) is 14.4. The van der Waals surface area contributed by atoms with E-state index in [2.05, 4.69) is 12.2 Å². The number of ether oxygens (including phenoxy) is 1. The smallest absolute Gasteiger partial charge is 0.261 e. The third kappa shape index (κ3) is 7.54. The fourth-order valence-electron chi connectivity index (χ4n) is 2.89. The standard InChI is InChI=1S/C23H28Cl2N2O3/c1-3-4-7-14-26-23(29)17(2)27(15-18-10-12-19(24)13-11-18)22(28)16-30-21-9-6-5-8-20(21)25/h5-6,8-13,17H,3-4,7,14-16H2,1-2H3,(H,26,29)/t17-/m1/s1. The average Bonchev–Trinajstić information content (AvgIpc) is 2.75. The number of amides is 2. The molecule has 0 aliphatic rings. The lowest BCUT2D eigenvalue weighted by Crippen LogP contribution is -2.49. The topological polar surface area (TPSA) is 58.6 Å². The largest absolute Gasteiger partial charge is 0.482 e. The fourth-order valence-corrected chi connectivity index (χ4v) is 3.20. The number of nitrogens with one attached hydrogen (secondary N) is 1. The number of rotatable bonds is 11. The lowest BCUT2D eigenvalue weighted by molar-refractivity contribution is -0.142. The van der Waals surface area contributed by atoms with Gasteiger partial charge >= 0.3 is 0 Å². The van der Waals surface area contributed by atoms with Crippen LogP contribution in [0.25, 0.3) is 0 Å². The van der Waals surface area contributed by atoms with Gasteiger partial charge in [-0.3, -0.25) is 9.59 Å². The molecule has 5 nitrogen and oxygen atoms in total. The van der Waals surface area contributed by atoms with Crippen LogP contribution in [-0.2, 0) is 16.1 Å². The molecule has 2 amide bonds. The van der Waals surface area contributed by atoms with Crippen LogP contribution in [0, 0.1) is 0 Å². The molecule has 1 N–H and O–H groups in total. The van der Waals surface area contributed by atoms with E-state index in [1.54, 1.807) is 43.3 Å². The number of nitrogens with zero attached hydrogens (tertiary/aromatic N) is 1. The molecule has 2 aromatic carbocycles. The maximum absolute atomic E-state index is 13.0. The lowest BCUT2D eigenvalue weighted by atomic mass is 10.1. The average molecular weight is 451 g/mol. The van der Waals surface area contributed by atoms with Crippen LogP contribution in [0.4, 0.5) is 0 Å². The Kier molecular flexibility index (Phi) is 9.98. The zero-order valence-corrected chi connectivity index (χ0v) is 18.9. The molecule has 0 bridgehead atoms. The second-order valence-electron chi connectivity index (χ2n) is 7.04. The Morgan fingerprint density at radius 3 is 2.43 bits per heavy atom. The quantitative estimate of drug-likeness (QED) is 0.484. The number of hydrogen-bond donors (Lipinski definition) is 1. The van der Waals surface area contributed by atoms with Crippen LogP contribution in [0.5, 0.6) is 5.75 Å². The molecule has 2 rings (SSSR count). The molecule has 0 aliphatic heterocycles. The van der Waals surface area contributed by atoms with Gasteiger partial charge in [-0.1, -0.05) is 67.2 Å². The Hall–Kier alpha value is -2.24. The normalized spacial score (nSPS) is 11.6. The van der Waals surface area contributed by atoms with Gasteiger partial charge in [0.15, 0.2) is 6.61 Å². The van der Waals surface area contributed by atoms with Crippen LogP contribution >= 0.6 is 23.2 Å². The van der Waals surface area contributed by atoms with E-state index in [-0.39, 0.29) is 25.0 Å². The molecular formula is C23H28Cl2N2O3. The molecule has 7 heteroatoms. The van der Waals surface area contributed by atoms with Crippen molar-refractivity contribution in [2.24, 2.45) is 0 Å². The molecule has 0 saturated carbocycles. The number of para-hydroxylation sites is 1. The summed E-state index contributed by atoms with van der Waals surface area (Å²) < 4.78 is 5.60. The Balaban J connectivity index is 2.08. The molecule has 0 aromatic heterocycles. The Labute approximate surface area is 188 Å². The fraction of sp³-hybridized carbons (Fsp3) is 0.391. The third-order valence-electron chi connectivity index (χ3n) is 4.70. The van der Waals surface area contributed by atoms with Crippen molar-refractivity contribution < 1.29 is 14.3 Å². The summed E-state index contributed by atoms with van der Waals surface area (Å²) >= 11 is 12.1. The van der Waals surface area contributed by atoms with Crippen LogP contribution in [0.3, 0.4) is 0 Å². The molecule has 162 valence electrons. The monoisotopic (exact) mass is 450 g/mol. The highest BCUT2D eigenvalue weighted by atomic mass is 35.5. The van der Waals surface area contributed by atoms with Crippen LogP contribution < -0.4 is 10.1 Å². The van der Waals surface area contributed by atoms with Crippen molar-refractivity contribution in [1.82, 2.24) is 10.2 Å². The first kappa shape index (κ1) is 24.0. The number of unbranched alkanes of at least 4 members (excludes halogenated alkanes) is 2. The van der Waals surface area contributed by atoms with Gasteiger partial charge in [0.05, 0.1) is 5.02 Å². The first-order valence-electron chi connectivity index (χ1n) is 10.1. The van der Waals surface area contributed by atoms with E-state index in [1.807, 2.05) is 12.1 Å². The summed E-state index contributed by atoms with van der Waals surface area (Å²) in [5.41, 5.74) is 0.871. The molecule has 0 radical (unpaired) electrons. The number of halogens is 2. The van der Waals surface area contributed by atoms with Gasteiger partial charge < -0.3 is 15.0 Å². The molecule has 0 heterocycles. The van der Waals surface area contributed by atoms with Gasteiger partial charge in [0.25, 0.3) is 5.91 Å². The summed E-state index contributed by atoms with van der Waals surface area (Å²) in [5, 5.41) is 3.95. The van der Waals surface area contributed by atoms with E-state index in [4.69, 9.17) is 27.9 Å². The highest BCUT2D eigenvalue weighted by Crippen LogP contribution is 2.23. The molecule has 0 aliphatic carbocycles. The minimum atomic E-state index is -0.648. The molecule has 0 spiro atoms. The second-order valence-corrected chi connectivity index (χ2v) is 7.88. The van der Waals surface area contributed by atoms with E-state index in [0.29, 0.717) is 22.3 Å². The molecule has 0 unspecified atom stereocenters. The Morgan fingerprint density at radius 1 is 1.07 bits per heavy atom. The first-order valence-corrected chi connectivity index (χ1v) is 10.9. The maximum Gasteiger partial charge on any atom is 0.261 e. The maximum atomic E-state index is 13.0. The zero-order valence-electron chi connectivity index (χ0n) is 17.4. The number of hydrogen-bond acceptors (Lipinski definition) is 3. The highest BCUT2D eigenvalue weighted by molar-refractivity contribution is 6.32. The predicted octanol–water partition coefficient (Wildman–Crippen LogP) is 5.10. The summed E-state index contributed by atoms with van der Waals surface area (Å²) in [5.74, 6) is -0.0668. The van der Waals surface area contributed by atoms with Crippen molar-refractivity contribution in [3.8, 4) is 5.75 Å². The SMILES string of the molecule is CCCCCNC(=O)[C@@H](C)N(Cc1ccc(Cl)cc1)C(=O)COc1ccccc1Cl. The predicted molar refractivity (Wildman–Crippen MR) is 121 cm³/mol. The van der Waals surface area contributed by atoms with Gasteiger partial charge in [0.2, 0.25) is 5.91 Å². The Morgan fingerprint density at radius 2 is 1.77 bits per heavy atom. The van der Waals surface area contributed by atoms with E-state index in [0.717, 1.165) is 24.8 Å². The van der Waals surface area contributed by atoms with E-state index >= 15 is 0 Å². The molecule has 0 fully saturated rings. The minimum absolute atomic E-state index is 0.189. The van der Waals surface area contributed by atoms with Crippen molar-refractivity contribution in [3.05, 3.63) is 64.1 Å². The van der Waals surface area contributed by atoms with Crippen LogP contribution in [-0.4, -0.2) is 35.9 Å². The zero-order chi connectivity index (χ0) is 21.9. The van der Waals surface area contributed by atoms with Gasteiger partial charge in [0.1, 0.15) is 11.8 Å². The molecule has 0 saturated heterocycles. The van der Waals surface area contributed by atoms with E-state index in [9.17, 15) is 9.59 Å². The van der Waals surface area contributed by atoms with Crippen molar-refractivity contribution in [1.29, 1.82) is 0 Å². The van der Waals surface area contributed by atoms with Crippen molar-refractivity contribution in [3.63, 3.8) is 0 Å². The summed E-state index contributed by atoms with van der Waals surface area (Å²) in [6, 6.07) is 13.5. The van der Waals surface area contributed by atoms with Crippen LogP contribution in [0.2, 0.25) is 10.0 Å². The number of carbonyl (C=O) groups is 2. The lowest BCUT2D eigenvalue weighted by Gasteiger charge is -2.29. The van der Waals surface area contributed by atoms with Crippen LogP contribution in [0.15, 0.2) is 48.5 Å². The van der Waals surface area contributed by atoms with Gasteiger partial charge in [-0.15, -0.1) is 0 Å². The van der Waals surface area contributed by atoms with E-state index in [1.165, 1.54) is 4.90 Å². The third-order valence-corrected chi connectivity index (χ3v) is 5.27. The molecule has 1 atom stereocenters. The summed E-state index contributed by atoms with van der Waals surface area (Å²) in [7, 11) is 0. The molecule has 2 aromatic rings. The van der Waals surface area contributed by atoms with Gasteiger partial charge in [0, 0.05) is 18.1 Å². The van der Waals surface area contributed by atoms with Gasteiger partial charge in [-0.2, -0.15) is 0 Å². The van der Waals surface area contributed by atoms with Crippen molar-refractivity contribution >= 4 is 35.0 Å². The van der Waals surface area contributed by atoms with Gasteiger partial charge in [-0.05, 0) is 43.2 Å². The summed E-state index contributed by atoms with van der Waals surface area (Å²) in [6.45, 7) is 4.47. The minimum Gasteiger partial charge on any atom is -0.482 e. The molecule has 30 heavy (non-hydrogen) atoms. The van der Waals surface area contributed by atoms with Gasteiger partial charge in [-0.25, -0.2) is 0 Å². The second kappa shape index (κ2) is 12.5. The summed E-state index contributed by atoms with van der Waals surface area (Å²) in [4.78, 5) is 27.1. The number of carbonyl (C=O) groups excluding carboxylic acids is 2. The highest BCUT2D eigenvalue weighted by Gasteiger charge is 2.26. The van der Waals surface area contributed by atoms with Crippen molar-refractivity contribution in [2.75, 3.05) is 13.2 Å². The van der Waals surface area contributed by atoms with E-state index < -0.39 is 6.04 Å². The Bertz CT molecular complexity index is 827. The summed E-state index contributed by atoms with van der Waals surface area (Å²) in [6.07, 6.45) is 3.04. The van der Waals surface area contributed by atoms with Crippen molar-refractivity contribution in [2.45, 2.75) is 45.7 Å². The number of benzene rings is 2. The molecular weight excluding hydrogens is 423 g/mol. The van der Waals surface area contributed by atoms with Crippen LogP contribution in [0.1, 0.15) is 38.7 Å².